The fourth-order valence-corrected chi connectivity index (χ4v) is 4.46. The second kappa shape index (κ2) is 7.32. The molecule has 2 aromatic heterocycles. The Hall–Kier alpha value is -2.38. The summed E-state index contributed by atoms with van der Waals surface area (Å²) in [6, 6.07) is 6.92. The molecule has 27 heavy (non-hydrogen) atoms. The van der Waals surface area contributed by atoms with E-state index in [4.69, 9.17) is 16.3 Å². The molecule has 3 heterocycles. The Morgan fingerprint density at radius 3 is 2.96 bits per heavy atom. The summed E-state index contributed by atoms with van der Waals surface area (Å²) >= 11 is 7.47. The smallest absolute Gasteiger partial charge is 0.328 e. The maximum absolute atomic E-state index is 13.2. The van der Waals surface area contributed by atoms with Gasteiger partial charge in [0.2, 0.25) is 0 Å². The zero-order valence-corrected chi connectivity index (χ0v) is 16.3. The maximum Gasteiger partial charge on any atom is 0.328 e. The number of hydrogen-bond donors (Lipinski definition) is 0. The molecule has 6 nitrogen and oxygen atoms in total. The molecule has 1 aliphatic rings. The number of aromatic nitrogens is 2. The Bertz CT molecular complexity index is 1010. The fraction of sp³-hybridized carbons (Fsp3) is 0.316. The molecule has 1 aliphatic heterocycles. The van der Waals surface area contributed by atoms with Crippen LogP contribution in [0.2, 0.25) is 5.02 Å². The molecule has 1 fully saturated rings. The van der Waals surface area contributed by atoms with E-state index < -0.39 is 6.04 Å². The van der Waals surface area contributed by atoms with Gasteiger partial charge in [-0.3, -0.25) is 9.20 Å². The van der Waals surface area contributed by atoms with Crippen LogP contribution in [0.3, 0.4) is 0 Å². The molecule has 1 atom stereocenters. The van der Waals surface area contributed by atoms with Gasteiger partial charge in [-0.25, -0.2) is 9.78 Å². The minimum Gasteiger partial charge on any atom is -0.467 e. The number of fused-ring (bicyclic) bond motifs is 1. The van der Waals surface area contributed by atoms with Gasteiger partial charge in [0, 0.05) is 28.7 Å². The number of esters is 1. The van der Waals surface area contributed by atoms with E-state index in [1.807, 2.05) is 30.5 Å². The number of methoxy groups -OCH3 is 1. The molecule has 1 saturated heterocycles. The van der Waals surface area contributed by atoms with Gasteiger partial charge in [0.1, 0.15) is 11.7 Å². The lowest BCUT2D eigenvalue weighted by Gasteiger charge is -2.33. The van der Waals surface area contributed by atoms with Crippen molar-refractivity contribution in [1.82, 2.24) is 14.3 Å². The number of likely N-dealkylation sites (tertiary alicyclic amines) is 1. The van der Waals surface area contributed by atoms with E-state index in [0.29, 0.717) is 23.7 Å². The number of nitrogens with zero attached hydrogens (tertiary/aromatic N) is 3. The molecule has 0 radical (unpaired) electrons. The molecule has 0 saturated carbocycles. The van der Waals surface area contributed by atoms with Gasteiger partial charge in [0.05, 0.1) is 12.8 Å². The summed E-state index contributed by atoms with van der Waals surface area (Å²) in [5, 5.41) is 2.42. The van der Waals surface area contributed by atoms with E-state index in [0.717, 1.165) is 29.1 Å². The van der Waals surface area contributed by atoms with Gasteiger partial charge in [0.25, 0.3) is 5.91 Å². The normalized spacial score (nSPS) is 17.3. The molecule has 0 N–H and O–H groups in total. The zero-order chi connectivity index (χ0) is 19.0. The second-order valence-electron chi connectivity index (χ2n) is 6.44. The minimum atomic E-state index is -0.526. The number of imidazole rings is 1. The number of rotatable bonds is 3. The largest absolute Gasteiger partial charge is 0.467 e. The van der Waals surface area contributed by atoms with Crippen molar-refractivity contribution >= 4 is 39.8 Å². The van der Waals surface area contributed by atoms with E-state index in [-0.39, 0.29) is 11.9 Å². The Kier molecular flexibility index (Phi) is 4.88. The highest BCUT2D eigenvalue weighted by molar-refractivity contribution is 7.15. The zero-order valence-electron chi connectivity index (χ0n) is 14.7. The van der Waals surface area contributed by atoms with Crippen LogP contribution in [0.4, 0.5) is 0 Å². The van der Waals surface area contributed by atoms with Crippen LogP contribution in [-0.2, 0) is 9.53 Å². The van der Waals surface area contributed by atoms with E-state index in [9.17, 15) is 9.59 Å². The number of carbonyl (C=O) groups is 2. The third kappa shape index (κ3) is 3.33. The highest BCUT2D eigenvalue weighted by atomic mass is 35.5. The summed E-state index contributed by atoms with van der Waals surface area (Å²) in [6.07, 6.45) is 4.25. The van der Waals surface area contributed by atoms with Gasteiger partial charge < -0.3 is 9.64 Å². The predicted octanol–water partition coefficient (Wildman–Crippen LogP) is 3.88. The van der Waals surface area contributed by atoms with Crippen molar-refractivity contribution in [1.29, 1.82) is 0 Å². The summed E-state index contributed by atoms with van der Waals surface area (Å²) in [7, 11) is 1.36. The van der Waals surface area contributed by atoms with E-state index >= 15 is 0 Å². The molecule has 0 spiro atoms. The summed E-state index contributed by atoms with van der Waals surface area (Å²) in [4.78, 5) is 32.2. The number of halogens is 1. The SMILES string of the molecule is COC(=O)[C@@H]1CCCCN1C(=O)c1csc2nc(-c3cccc(Cl)c3)cn12. The Morgan fingerprint density at radius 2 is 2.19 bits per heavy atom. The van der Waals surface area contributed by atoms with Crippen LogP contribution in [0.25, 0.3) is 16.2 Å². The Morgan fingerprint density at radius 1 is 1.33 bits per heavy atom. The van der Waals surface area contributed by atoms with Gasteiger partial charge in [-0.15, -0.1) is 11.3 Å². The fourth-order valence-electron chi connectivity index (χ4n) is 3.43. The average molecular weight is 404 g/mol. The number of ether oxygens (including phenoxy) is 1. The van der Waals surface area contributed by atoms with E-state index in [1.54, 1.807) is 14.7 Å². The van der Waals surface area contributed by atoms with Crippen LogP contribution in [0.5, 0.6) is 0 Å². The monoisotopic (exact) mass is 403 g/mol. The van der Waals surface area contributed by atoms with Crippen molar-refractivity contribution < 1.29 is 14.3 Å². The number of hydrogen-bond acceptors (Lipinski definition) is 5. The maximum atomic E-state index is 13.2. The lowest BCUT2D eigenvalue weighted by molar-refractivity contribution is -0.147. The first-order valence-electron chi connectivity index (χ1n) is 8.70. The summed E-state index contributed by atoms with van der Waals surface area (Å²) in [6.45, 7) is 0.547. The molecule has 140 valence electrons. The molecular formula is C19H18ClN3O3S. The molecule has 1 amide bonds. The second-order valence-corrected chi connectivity index (χ2v) is 7.72. The highest BCUT2D eigenvalue weighted by Crippen LogP contribution is 2.27. The summed E-state index contributed by atoms with van der Waals surface area (Å²) in [5.41, 5.74) is 2.15. The van der Waals surface area contributed by atoms with Crippen molar-refractivity contribution in [2.75, 3.05) is 13.7 Å². The van der Waals surface area contributed by atoms with Gasteiger partial charge in [-0.05, 0) is 31.4 Å². The van der Waals surface area contributed by atoms with Crippen molar-refractivity contribution in [2.24, 2.45) is 0 Å². The molecule has 8 heteroatoms. The van der Waals surface area contributed by atoms with Crippen LogP contribution in [0, 0.1) is 0 Å². The molecular weight excluding hydrogens is 386 g/mol. The topological polar surface area (TPSA) is 63.9 Å². The lowest BCUT2D eigenvalue weighted by atomic mass is 10.0. The van der Waals surface area contributed by atoms with E-state index in [2.05, 4.69) is 4.98 Å². The first-order chi connectivity index (χ1) is 13.1. The molecule has 3 aromatic rings. The highest BCUT2D eigenvalue weighted by Gasteiger charge is 2.34. The molecule has 4 rings (SSSR count). The van der Waals surface area contributed by atoms with Crippen LogP contribution in [-0.4, -0.2) is 45.9 Å². The number of benzene rings is 1. The van der Waals surface area contributed by atoms with Crippen LogP contribution >= 0.6 is 22.9 Å². The average Bonchev–Trinajstić information content (AvgIpc) is 3.27. The third-order valence-electron chi connectivity index (χ3n) is 4.79. The first kappa shape index (κ1) is 18.0. The summed E-state index contributed by atoms with van der Waals surface area (Å²) < 4.78 is 6.67. The third-order valence-corrected chi connectivity index (χ3v) is 5.86. The van der Waals surface area contributed by atoms with Crippen LogP contribution < -0.4 is 0 Å². The molecule has 0 aliphatic carbocycles. The van der Waals surface area contributed by atoms with Gasteiger partial charge >= 0.3 is 5.97 Å². The Balaban J connectivity index is 1.69. The predicted molar refractivity (Wildman–Crippen MR) is 104 cm³/mol. The standard InChI is InChI=1S/C19H18ClN3O3S/c1-26-18(25)15-7-2-3-8-22(15)17(24)16-11-27-19-21-14(10-23(16)19)12-5-4-6-13(20)9-12/h4-6,9-11,15H,2-3,7-8H2,1H3/t15-/m0/s1. The van der Waals surface area contributed by atoms with Crippen molar-refractivity contribution in [3.05, 3.63) is 46.6 Å². The quantitative estimate of drug-likeness (QED) is 0.622. The number of amides is 1. The van der Waals surface area contributed by atoms with Gasteiger partial charge in [-0.1, -0.05) is 23.7 Å². The lowest BCUT2D eigenvalue weighted by Crippen LogP contribution is -2.48. The van der Waals surface area contributed by atoms with Crippen LogP contribution in [0.1, 0.15) is 29.8 Å². The first-order valence-corrected chi connectivity index (χ1v) is 9.95. The number of thiazole rings is 1. The minimum absolute atomic E-state index is 0.175. The van der Waals surface area contributed by atoms with Gasteiger partial charge in [0.15, 0.2) is 4.96 Å². The molecule has 0 unspecified atom stereocenters. The summed E-state index contributed by atoms with van der Waals surface area (Å²) in [5.74, 6) is -0.536. The Labute approximate surface area is 165 Å². The number of piperidine rings is 1. The van der Waals surface area contributed by atoms with Gasteiger partial charge in [-0.2, -0.15) is 0 Å². The van der Waals surface area contributed by atoms with Crippen molar-refractivity contribution in [3.63, 3.8) is 0 Å². The van der Waals surface area contributed by atoms with E-state index in [1.165, 1.54) is 18.4 Å². The molecule has 0 bridgehead atoms. The molecule has 1 aromatic carbocycles. The van der Waals surface area contributed by atoms with Crippen LogP contribution in [0.15, 0.2) is 35.8 Å². The van der Waals surface area contributed by atoms with Crippen molar-refractivity contribution in [2.45, 2.75) is 25.3 Å². The number of carbonyl (C=O) groups excluding carboxylic acids is 2. The van der Waals surface area contributed by atoms with Crippen molar-refractivity contribution in [3.8, 4) is 11.3 Å².